The lowest BCUT2D eigenvalue weighted by molar-refractivity contribution is -0.151. The van der Waals surface area contributed by atoms with E-state index in [2.05, 4.69) is 0 Å². The summed E-state index contributed by atoms with van der Waals surface area (Å²) in [4.78, 5) is 25.6. The van der Waals surface area contributed by atoms with Crippen LogP contribution in [0.25, 0.3) is 0 Å². The van der Waals surface area contributed by atoms with Crippen molar-refractivity contribution in [2.75, 3.05) is 13.1 Å². The van der Waals surface area contributed by atoms with Crippen LogP contribution in [-0.2, 0) is 9.59 Å². The van der Waals surface area contributed by atoms with Crippen LogP contribution in [0.15, 0.2) is 0 Å². The van der Waals surface area contributed by atoms with Gasteiger partial charge < -0.3 is 10.0 Å². The zero-order valence-electron chi connectivity index (χ0n) is 12.6. The minimum Gasteiger partial charge on any atom is -0.481 e. The molecular weight excluding hydrogens is 280 g/mol. The normalized spacial score (nSPS) is 29.9. The lowest BCUT2D eigenvalue weighted by Crippen LogP contribution is -2.43. The molecule has 1 saturated heterocycles. The van der Waals surface area contributed by atoms with Gasteiger partial charge in [-0.25, -0.2) is 8.78 Å². The molecule has 1 aliphatic heterocycles. The number of hydrogen-bond donors (Lipinski definition) is 1. The highest BCUT2D eigenvalue weighted by Crippen LogP contribution is 2.41. The van der Waals surface area contributed by atoms with E-state index in [1.54, 1.807) is 4.90 Å². The first-order chi connectivity index (χ1) is 9.68. The number of nitrogens with zero attached hydrogens (tertiary/aromatic N) is 1. The van der Waals surface area contributed by atoms with E-state index in [9.17, 15) is 23.5 Å². The van der Waals surface area contributed by atoms with Crippen molar-refractivity contribution in [2.24, 2.45) is 17.3 Å². The maximum Gasteiger partial charge on any atom is 0.311 e. The molecule has 1 amide bonds. The molecule has 1 aliphatic carbocycles. The molecule has 2 rings (SSSR count). The monoisotopic (exact) mass is 303 g/mol. The fraction of sp³-hybridized carbons (Fsp3) is 0.867. The van der Waals surface area contributed by atoms with Crippen molar-refractivity contribution in [3.63, 3.8) is 0 Å². The van der Waals surface area contributed by atoms with Gasteiger partial charge in [0.05, 0.1) is 5.41 Å². The molecule has 1 unspecified atom stereocenters. The first-order valence-electron chi connectivity index (χ1n) is 7.58. The van der Waals surface area contributed by atoms with Crippen molar-refractivity contribution in [3.8, 4) is 0 Å². The van der Waals surface area contributed by atoms with Crippen molar-refractivity contribution in [1.82, 2.24) is 4.90 Å². The summed E-state index contributed by atoms with van der Waals surface area (Å²) in [6.45, 7) is 4.31. The molecule has 6 heteroatoms. The lowest BCUT2D eigenvalue weighted by atomic mass is 9.76. The summed E-state index contributed by atoms with van der Waals surface area (Å²) in [6, 6.07) is 0. The first kappa shape index (κ1) is 16.2. The van der Waals surface area contributed by atoms with Crippen LogP contribution in [0.1, 0.15) is 46.0 Å². The summed E-state index contributed by atoms with van der Waals surface area (Å²) in [5.74, 6) is -4.10. The van der Waals surface area contributed by atoms with E-state index in [0.717, 1.165) is 0 Å². The maximum atomic E-state index is 13.2. The van der Waals surface area contributed by atoms with Crippen LogP contribution >= 0.6 is 0 Å². The number of hydrogen-bond acceptors (Lipinski definition) is 2. The van der Waals surface area contributed by atoms with Gasteiger partial charge in [0, 0.05) is 31.8 Å². The molecule has 1 saturated carbocycles. The highest BCUT2D eigenvalue weighted by molar-refractivity contribution is 5.82. The van der Waals surface area contributed by atoms with Gasteiger partial charge in [-0.3, -0.25) is 9.59 Å². The summed E-state index contributed by atoms with van der Waals surface area (Å²) < 4.78 is 26.3. The van der Waals surface area contributed by atoms with Crippen LogP contribution in [0.5, 0.6) is 0 Å². The number of aliphatic carboxylic acids is 1. The van der Waals surface area contributed by atoms with Crippen LogP contribution < -0.4 is 0 Å². The van der Waals surface area contributed by atoms with Gasteiger partial charge in [0.15, 0.2) is 0 Å². The predicted molar refractivity (Wildman–Crippen MR) is 73.0 cm³/mol. The van der Waals surface area contributed by atoms with Crippen LogP contribution in [0.3, 0.4) is 0 Å². The fourth-order valence-corrected chi connectivity index (χ4v) is 3.46. The van der Waals surface area contributed by atoms with Gasteiger partial charge >= 0.3 is 5.97 Å². The minimum absolute atomic E-state index is 0.0662. The van der Waals surface area contributed by atoms with Crippen molar-refractivity contribution >= 4 is 11.9 Å². The Labute approximate surface area is 123 Å². The maximum absolute atomic E-state index is 13.2. The number of likely N-dealkylation sites (tertiary alicyclic amines) is 1. The Balaban J connectivity index is 2.01. The average molecular weight is 303 g/mol. The average Bonchev–Trinajstić information content (AvgIpc) is 2.84. The Hall–Kier alpha value is -1.20. The number of carbonyl (C=O) groups is 2. The molecule has 2 aliphatic rings. The number of halogens is 2. The molecule has 0 spiro atoms. The second-order valence-corrected chi connectivity index (χ2v) is 6.76. The first-order valence-corrected chi connectivity index (χ1v) is 7.58. The molecule has 0 aromatic rings. The Bertz CT molecular complexity index is 429. The molecule has 0 aromatic heterocycles. The molecule has 1 heterocycles. The largest absolute Gasteiger partial charge is 0.481 e. The number of alkyl halides is 2. The van der Waals surface area contributed by atoms with E-state index in [0.29, 0.717) is 13.0 Å². The molecule has 4 nitrogen and oxygen atoms in total. The smallest absolute Gasteiger partial charge is 0.311 e. The molecule has 1 N–H and O–H groups in total. The third kappa shape index (κ3) is 3.04. The van der Waals surface area contributed by atoms with Crippen LogP contribution in [-0.4, -0.2) is 40.9 Å². The Morgan fingerprint density at radius 3 is 2.19 bits per heavy atom. The summed E-state index contributed by atoms with van der Waals surface area (Å²) in [6.07, 6.45) is 0.347. The van der Waals surface area contributed by atoms with Gasteiger partial charge in [0.25, 0.3) is 0 Å². The zero-order chi connectivity index (χ0) is 15.8. The Kier molecular flexibility index (Phi) is 4.26. The standard InChI is InChI=1S/C15H23F2NO3/c1-10(2)14(13(20)21)7-8-18(9-14)12(19)11-3-5-15(16,17)6-4-11/h10-11H,3-9H2,1-2H3,(H,20,21). The molecule has 0 aromatic carbocycles. The summed E-state index contributed by atoms with van der Waals surface area (Å²) in [5, 5.41) is 9.48. The van der Waals surface area contributed by atoms with Gasteiger partial charge in [0.1, 0.15) is 0 Å². The van der Waals surface area contributed by atoms with E-state index >= 15 is 0 Å². The summed E-state index contributed by atoms with van der Waals surface area (Å²) in [5.41, 5.74) is -0.895. The Morgan fingerprint density at radius 1 is 1.19 bits per heavy atom. The van der Waals surface area contributed by atoms with E-state index < -0.39 is 17.3 Å². The number of carboxylic acids is 1. The van der Waals surface area contributed by atoms with Gasteiger partial charge in [-0.05, 0) is 25.2 Å². The van der Waals surface area contributed by atoms with Crippen molar-refractivity contribution in [2.45, 2.75) is 51.9 Å². The summed E-state index contributed by atoms with van der Waals surface area (Å²) >= 11 is 0. The second-order valence-electron chi connectivity index (χ2n) is 6.76. The summed E-state index contributed by atoms with van der Waals surface area (Å²) in [7, 11) is 0. The topological polar surface area (TPSA) is 57.6 Å². The van der Waals surface area contributed by atoms with E-state index in [-0.39, 0.29) is 50.0 Å². The molecular formula is C15H23F2NO3. The minimum atomic E-state index is -2.65. The molecule has 21 heavy (non-hydrogen) atoms. The van der Waals surface area contributed by atoms with E-state index in [1.807, 2.05) is 13.8 Å². The molecule has 2 fully saturated rings. The number of amides is 1. The van der Waals surface area contributed by atoms with Crippen molar-refractivity contribution in [1.29, 1.82) is 0 Å². The zero-order valence-corrected chi connectivity index (χ0v) is 12.6. The fourth-order valence-electron chi connectivity index (χ4n) is 3.46. The SMILES string of the molecule is CC(C)C1(C(=O)O)CCN(C(=O)C2CCC(F)(F)CC2)C1. The molecule has 0 bridgehead atoms. The van der Waals surface area contributed by atoms with Crippen molar-refractivity contribution in [3.05, 3.63) is 0 Å². The predicted octanol–water partition coefficient (Wildman–Crippen LogP) is 2.77. The lowest BCUT2D eigenvalue weighted by Gasteiger charge is -2.32. The van der Waals surface area contributed by atoms with Crippen LogP contribution in [0, 0.1) is 17.3 Å². The molecule has 120 valence electrons. The molecule has 1 atom stereocenters. The number of carboxylic acid groups (broad SMARTS) is 1. The van der Waals surface area contributed by atoms with Crippen molar-refractivity contribution < 1.29 is 23.5 Å². The van der Waals surface area contributed by atoms with Gasteiger partial charge in [0.2, 0.25) is 11.8 Å². The quantitative estimate of drug-likeness (QED) is 0.872. The van der Waals surface area contributed by atoms with Crippen LogP contribution in [0.2, 0.25) is 0 Å². The number of carbonyl (C=O) groups excluding carboxylic acids is 1. The number of rotatable bonds is 3. The third-order valence-corrected chi connectivity index (χ3v) is 5.21. The van der Waals surface area contributed by atoms with E-state index in [1.165, 1.54) is 0 Å². The molecule has 0 radical (unpaired) electrons. The Morgan fingerprint density at radius 2 is 1.76 bits per heavy atom. The highest BCUT2D eigenvalue weighted by atomic mass is 19.3. The van der Waals surface area contributed by atoms with Gasteiger partial charge in [-0.2, -0.15) is 0 Å². The van der Waals surface area contributed by atoms with Gasteiger partial charge in [-0.15, -0.1) is 0 Å². The van der Waals surface area contributed by atoms with Crippen LogP contribution in [0.4, 0.5) is 8.78 Å². The van der Waals surface area contributed by atoms with E-state index in [4.69, 9.17) is 0 Å². The second kappa shape index (κ2) is 5.54. The third-order valence-electron chi connectivity index (χ3n) is 5.21. The van der Waals surface area contributed by atoms with Gasteiger partial charge in [-0.1, -0.05) is 13.8 Å². The highest BCUT2D eigenvalue weighted by Gasteiger charge is 2.49.